The van der Waals surface area contributed by atoms with Crippen LogP contribution in [0.4, 0.5) is 5.95 Å². The van der Waals surface area contributed by atoms with E-state index in [0.29, 0.717) is 4.88 Å². The Hall–Kier alpha value is -2.47. The van der Waals surface area contributed by atoms with Crippen LogP contribution < -0.4 is 10.6 Å². The standard InChI is InChI=1S/C17H16N4OS/c18-16(22)15-14(12-4-1-2-5-13(12)23-15)11-6-9-21(10-11)17-19-7-3-8-20-17/h1-5,7-8,11H,6,9-10H2,(H2,18,22). The van der Waals surface area contributed by atoms with E-state index < -0.39 is 0 Å². The summed E-state index contributed by atoms with van der Waals surface area (Å²) in [5.41, 5.74) is 6.72. The average Bonchev–Trinajstić information content (AvgIpc) is 3.20. The molecule has 1 fully saturated rings. The first-order valence-electron chi connectivity index (χ1n) is 7.57. The lowest BCUT2D eigenvalue weighted by Gasteiger charge is -2.16. The predicted molar refractivity (Wildman–Crippen MR) is 91.9 cm³/mol. The van der Waals surface area contributed by atoms with Gasteiger partial charge in [0.2, 0.25) is 5.95 Å². The Kier molecular flexibility index (Phi) is 3.46. The van der Waals surface area contributed by atoms with Crippen molar-refractivity contribution in [1.29, 1.82) is 0 Å². The second kappa shape index (κ2) is 5.62. The zero-order valence-corrected chi connectivity index (χ0v) is 13.3. The highest BCUT2D eigenvalue weighted by atomic mass is 32.1. The van der Waals surface area contributed by atoms with Crippen LogP contribution in [0.3, 0.4) is 0 Å². The minimum Gasteiger partial charge on any atom is -0.365 e. The van der Waals surface area contributed by atoms with E-state index in [-0.39, 0.29) is 11.8 Å². The summed E-state index contributed by atoms with van der Waals surface area (Å²) in [7, 11) is 0. The molecule has 6 heteroatoms. The van der Waals surface area contributed by atoms with Gasteiger partial charge in [0.25, 0.3) is 5.91 Å². The molecule has 2 N–H and O–H groups in total. The second-order valence-electron chi connectivity index (χ2n) is 5.69. The van der Waals surface area contributed by atoms with E-state index in [0.717, 1.165) is 41.1 Å². The van der Waals surface area contributed by atoms with Crippen LogP contribution in [-0.4, -0.2) is 29.0 Å². The van der Waals surface area contributed by atoms with Crippen LogP contribution in [0, 0.1) is 0 Å². The molecule has 0 radical (unpaired) electrons. The number of carbonyl (C=O) groups is 1. The molecule has 2 aromatic heterocycles. The smallest absolute Gasteiger partial charge is 0.259 e. The molecule has 0 bridgehead atoms. The summed E-state index contributed by atoms with van der Waals surface area (Å²) in [4.78, 5) is 23.4. The fourth-order valence-electron chi connectivity index (χ4n) is 3.29. The Morgan fingerprint density at radius 2 is 2.00 bits per heavy atom. The number of hydrogen-bond donors (Lipinski definition) is 1. The molecule has 1 aliphatic heterocycles. The van der Waals surface area contributed by atoms with Crippen LogP contribution in [0.25, 0.3) is 10.1 Å². The molecule has 116 valence electrons. The van der Waals surface area contributed by atoms with Gasteiger partial charge in [0.15, 0.2) is 0 Å². The quantitative estimate of drug-likeness (QED) is 0.804. The molecule has 1 aromatic carbocycles. The van der Waals surface area contributed by atoms with Crippen molar-refractivity contribution >= 4 is 33.3 Å². The molecule has 0 aliphatic carbocycles. The summed E-state index contributed by atoms with van der Waals surface area (Å²) in [5, 5.41) is 1.15. The third-order valence-electron chi connectivity index (χ3n) is 4.29. The van der Waals surface area contributed by atoms with E-state index in [1.165, 1.54) is 11.3 Å². The average molecular weight is 324 g/mol. The summed E-state index contributed by atoms with van der Waals surface area (Å²) >= 11 is 1.49. The fourth-order valence-corrected chi connectivity index (χ4v) is 4.43. The third kappa shape index (κ3) is 2.45. The van der Waals surface area contributed by atoms with Gasteiger partial charge in [-0.1, -0.05) is 18.2 Å². The fraction of sp³-hybridized carbons (Fsp3) is 0.235. The Bertz CT molecular complexity index is 861. The number of amides is 1. The topological polar surface area (TPSA) is 72.1 Å². The summed E-state index contributed by atoms with van der Waals surface area (Å²) in [6.07, 6.45) is 4.48. The number of rotatable bonds is 3. The van der Waals surface area contributed by atoms with Crippen LogP contribution in [0.2, 0.25) is 0 Å². The van der Waals surface area contributed by atoms with Crippen molar-refractivity contribution in [2.24, 2.45) is 5.73 Å². The van der Waals surface area contributed by atoms with Crippen molar-refractivity contribution in [3.05, 3.63) is 53.2 Å². The number of carbonyl (C=O) groups excluding carboxylic acids is 1. The van der Waals surface area contributed by atoms with E-state index in [1.54, 1.807) is 12.4 Å². The first-order valence-corrected chi connectivity index (χ1v) is 8.39. The number of benzene rings is 1. The second-order valence-corrected chi connectivity index (χ2v) is 6.74. The van der Waals surface area contributed by atoms with Gasteiger partial charge < -0.3 is 10.6 Å². The normalized spacial score (nSPS) is 17.7. The number of fused-ring (bicyclic) bond motifs is 1. The Morgan fingerprint density at radius 3 is 2.78 bits per heavy atom. The van der Waals surface area contributed by atoms with Crippen molar-refractivity contribution in [3.63, 3.8) is 0 Å². The van der Waals surface area contributed by atoms with Crippen LogP contribution in [0.15, 0.2) is 42.7 Å². The predicted octanol–water partition coefficient (Wildman–Crippen LogP) is 2.78. The maximum Gasteiger partial charge on any atom is 0.259 e. The molecular formula is C17H16N4OS. The first-order chi connectivity index (χ1) is 11.2. The highest BCUT2D eigenvalue weighted by Gasteiger charge is 2.30. The van der Waals surface area contributed by atoms with Crippen molar-refractivity contribution < 1.29 is 4.79 Å². The van der Waals surface area contributed by atoms with Gasteiger partial charge in [-0.15, -0.1) is 11.3 Å². The van der Waals surface area contributed by atoms with Crippen LogP contribution in [0.1, 0.15) is 27.6 Å². The number of nitrogens with two attached hydrogens (primary N) is 1. The number of anilines is 1. The van der Waals surface area contributed by atoms with Crippen LogP contribution >= 0.6 is 11.3 Å². The highest BCUT2D eigenvalue weighted by molar-refractivity contribution is 7.21. The minimum absolute atomic E-state index is 0.275. The SMILES string of the molecule is NC(=O)c1sc2ccccc2c1C1CCN(c2ncccn2)C1. The molecular weight excluding hydrogens is 308 g/mol. The summed E-state index contributed by atoms with van der Waals surface area (Å²) in [6.45, 7) is 1.70. The zero-order valence-electron chi connectivity index (χ0n) is 12.5. The van der Waals surface area contributed by atoms with Crippen molar-refractivity contribution in [2.75, 3.05) is 18.0 Å². The minimum atomic E-state index is -0.337. The zero-order chi connectivity index (χ0) is 15.8. The summed E-state index contributed by atoms with van der Waals surface area (Å²) in [6, 6.07) is 9.94. The molecule has 1 amide bonds. The molecule has 0 saturated carbocycles. The lowest BCUT2D eigenvalue weighted by molar-refractivity contribution is 0.100. The van der Waals surface area contributed by atoms with Gasteiger partial charge in [0.1, 0.15) is 0 Å². The summed E-state index contributed by atoms with van der Waals surface area (Å²) < 4.78 is 1.12. The molecule has 23 heavy (non-hydrogen) atoms. The van der Waals surface area contributed by atoms with E-state index >= 15 is 0 Å². The van der Waals surface area contributed by atoms with Gasteiger partial charge >= 0.3 is 0 Å². The Balaban J connectivity index is 1.73. The van der Waals surface area contributed by atoms with Gasteiger partial charge in [-0.05, 0) is 29.5 Å². The largest absolute Gasteiger partial charge is 0.365 e. The molecule has 1 aliphatic rings. The molecule has 1 saturated heterocycles. The van der Waals surface area contributed by atoms with Crippen molar-refractivity contribution in [3.8, 4) is 0 Å². The molecule has 0 spiro atoms. The van der Waals surface area contributed by atoms with Crippen LogP contribution in [0.5, 0.6) is 0 Å². The van der Waals surface area contributed by atoms with E-state index in [4.69, 9.17) is 5.73 Å². The third-order valence-corrected chi connectivity index (χ3v) is 5.49. The van der Waals surface area contributed by atoms with Gasteiger partial charge in [-0.3, -0.25) is 4.79 Å². The highest BCUT2D eigenvalue weighted by Crippen LogP contribution is 2.40. The monoisotopic (exact) mass is 324 g/mol. The molecule has 5 nitrogen and oxygen atoms in total. The summed E-state index contributed by atoms with van der Waals surface area (Å²) in [5.74, 6) is 0.684. The van der Waals surface area contributed by atoms with Gasteiger partial charge in [-0.2, -0.15) is 0 Å². The van der Waals surface area contributed by atoms with E-state index in [2.05, 4.69) is 20.9 Å². The number of hydrogen-bond acceptors (Lipinski definition) is 5. The number of primary amides is 1. The van der Waals surface area contributed by atoms with Crippen molar-refractivity contribution in [2.45, 2.75) is 12.3 Å². The number of aromatic nitrogens is 2. The molecule has 3 aromatic rings. The number of nitrogens with zero attached hydrogens (tertiary/aromatic N) is 3. The maximum absolute atomic E-state index is 11.9. The lowest BCUT2D eigenvalue weighted by atomic mass is 9.95. The molecule has 1 atom stereocenters. The van der Waals surface area contributed by atoms with Crippen molar-refractivity contribution in [1.82, 2.24) is 9.97 Å². The van der Waals surface area contributed by atoms with Crippen LogP contribution in [-0.2, 0) is 0 Å². The van der Waals surface area contributed by atoms with Gasteiger partial charge in [-0.25, -0.2) is 9.97 Å². The number of thiophene rings is 1. The molecule has 3 heterocycles. The van der Waals surface area contributed by atoms with Gasteiger partial charge in [0.05, 0.1) is 4.88 Å². The van der Waals surface area contributed by atoms with E-state index in [9.17, 15) is 4.79 Å². The Morgan fingerprint density at radius 1 is 1.22 bits per heavy atom. The molecule has 1 unspecified atom stereocenters. The van der Waals surface area contributed by atoms with E-state index in [1.807, 2.05) is 24.3 Å². The first kappa shape index (κ1) is 14.1. The Labute approximate surface area is 137 Å². The molecule has 4 rings (SSSR count). The lowest BCUT2D eigenvalue weighted by Crippen LogP contribution is -2.22. The maximum atomic E-state index is 11.9. The van der Waals surface area contributed by atoms with Gasteiger partial charge in [0, 0.05) is 36.1 Å².